The number of primary amides is 1. The standard InChI is InChI=1S/C44H62N10O14S2/c1-23(2)35(51-31(56)10-6-5-7-18-52-32(57)15-16-33(52)58)40(60)50-30(9-8-17-47-43(45)64)39(59)49-27-13-11-26(12-14-27)22-68-44(65)53-21-29(19-28(53)20-48-70(46,66)67)69-38-24(3)36-34(25(4)55)41(61)54(36)37(38)42(62)63/h11-16,23-25,28-30,34-36,48,55H,5-10,17-22H2,1-4H3,(H,49,59)(H,50,60)(H,51,56)(H,62,63)(H3,45,47,64)(H2,46,66,67)/t24-,25-,28+,29+,30+,34-,35?,36-/m1/s1. The molecule has 5 rings (SSSR count). The van der Waals surface area contributed by atoms with Gasteiger partial charge in [0.25, 0.3) is 22.0 Å². The molecule has 9 amide bonds. The highest BCUT2D eigenvalue weighted by Crippen LogP contribution is 2.52. The number of urea groups is 1. The van der Waals surface area contributed by atoms with Crippen molar-refractivity contribution in [2.45, 2.75) is 115 Å². The van der Waals surface area contributed by atoms with Crippen LogP contribution >= 0.6 is 11.8 Å². The number of benzene rings is 1. The lowest BCUT2D eigenvalue weighted by Crippen LogP contribution is -2.63. The van der Waals surface area contributed by atoms with Gasteiger partial charge in [0.05, 0.1) is 18.1 Å². The number of thioether (sulfide) groups is 1. The number of amides is 9. The normalized spacial score (nSPS) is 22.1. The van der Waals surface area contributed by atoms with Crippen LogP contribution in [0, 0.1) is 17.8 Å². The lowest BCUT2D eigenvalue weighted by atomic mass is 9.79. The second kappa shape index (κ2) is 24.2. The van der Waals surface area contributed by atoms with Crippen LogP contribution in [-0.2, 0) is 55.1 Å². The number of aliphatic hydroxyl groups excluding tert-OH is 1. The minimum Gasteiger partial charge on any atom is -0.477 e. The quantitative estimate of drug-likeness (QED) is 0.0352. The summed E-state index contributed by atoms with van der Waals surface area (Å²) in [4.78, 5) is 118. The summed E-state index contributed by atoms with van der Waals surface area (Å²) in [7, 11) is -4.16. The number of nitrogens with one attached hydrogen (secondary N) is 5. The van der Waals surface area contributed by atoms with Crippen molar-refractivity contribution in [3.05, 3.63) is 52.6 Å². The van der Waals surface area contributed by atoms with E-state index in [1.54, 1.807) is 32.9 Å². The number of nitrogens with two attached hydrogens (primary N) is 2. The van der Waals surface area contributed by atoms with Crippen LogP contribution in [0.25, 0.3) is 0 Å². The number of aliphatic carboxylic acids is 1. The summed E-state index contributed by atoms with van der Waals surface area (Å²) < 4.78 is 31.5. The number of anilines is 1. The van der Waals surface area contributed by atoms with Gasteiger partial charge in [-0.3, -0.25) is 33.7 Å². The van der Waals surface area contributed by atoms with E-state index in [1.807, 2.05) is 0 Å². The fraction of sp³-hybridized carbons (Fsp3) is 0.568. The first kappa shape index (κ1) is 54.8. The second-order valence-electron chi connectivity index (χ2n) is 17.9. The van der Waals surface area contributed by atoms with Gasteiger partial charge in [-0.15, -0.1) is 11.8 Å². The maximum absolute atomic E-state index is 13.7. The molecule has 2 saturated heterocycles. The average molecular weight is 1020 g/mol. The first-order valence-corrected chi connectivity index (χ1v) is 25.3. The van der Waals surface area contributed by atoms with E-state index in [0.717, 1.165) is 4.90 Å². The van der Waals surface area contributed by atoms with E-state index in [0.29, 0.717) is 35.4 Å². The zero-order valence-electron chi connectivity index (χ0n) is 39.3. The Hall–Kier alpha value is -6.09. The van der Waals surface area contributed by atoms with Crippen molar-refractivity contribution in [2.75, 3.05) is 31.5 Å². The Morgan fingerprint density at radius 1 is 0.943 bits per heavy atom. The third kappa shape index (κ3) is 14.3. The molecule has 24 nitrogen and oxygen atoms in total. The largest absolute Gasteiger partial charge is 0.477 e. The number of β-lactam (4-membered cyclic amide) rings is 1. The Kier molecular flexibility index (Phi) is 18.9. The van der Waals surface area contributed by atoms with E-state index in [2.05, 4.69) is 26.0 Å². The molecule has 8 atom stereocenters. The number of ether oxygens (including phenoxy) is 1. The van der Waals surface area contributed by atoms with Gasteiger partial charge < -0.3 is 51.8 Å². The number of carboxylic acids is 1. The van der Waals surface area contributed by atoms with Crippen molar-refractivity contribution >= 4 is 81.2 Å². The number of hydrogen-bond acceptors (Lipinski definition) is 14. The molecule has 11 N–H and O–H groups in total. The van der Waals surface area contributed by atoms with Gasteiger partial charge in [-0.2, -0.15) is 8.42 Å². The van der Waals surface area contributed by atoms with E-state index in [9.17, 15) is 61.8 Å². The number of carboxylic acid groups (broad SMARTS) is 1. The number of unbranched alkanes of at least 4 members (excludes halogenated alkanes) is 2. The summed E-state index contributed by atoms with van der Waals surface area (Å²) in [6.45, 7) is 6.57. The third-order valence-corrected chi connectivity index (χ3v) is 14.4. The summed E-state index contributed by atoms with van der Waals surface area (Å²) in [5, 5.41) is 35.7. The summed E-state index contributed by atoms with van der Waals surface area (Å²) in [6.07, 6.45) is 2.72. The SMILES string of the molecule is CC(C)C(NC(=O)CCCCCN1C(=O)C=CC1=O)C(=O)N[C@@H](CCCNC(N)=O)C(=O)Nc1ccc(COC(=O)N2C[C@@H](SC3=C(C(=O)O)N4C(=O)[C@H]([C@@H](C)O)[C@H]4[C@H]3C)C[C@H]2CNS(N)(=O)=O)cc1. The van der Waals surface area contributed by atoms with Crippen LogP contribution in [-0.4, -0.2) is 149 Å². The molecule has 0 aliphatic carbocycles. The Balaban J connectivity index is 1.17. The number of rotatable bonds is 25. The van der Waals surface area contributed by atoms with Gasteiger partial charge in [0.1, 0.15) is 24.4 Å². The lowest BCUT2D eigenvalue weighted by Gasteiger charge is -2.46. The van der Waals surface area contributed by atoms with Crippen LogP contribution in [0.2, 0.25) is 0 Å². The van der Waals surface area contributed by atoms with Crippen molar-refractivity contribution in [1.29, 1.82) is 0 Å². The second-order valence-corrected chi connectivity index (χ2v) is 20.7. The van der Waals surface area contributed by atoms with Gasteiger partial charge in [0.15, 0.2) is 0 Å². The highest BCUT2D eigenvalue weighted by Gasteiger charge is 2.60. The third-order valence-electron chi connectivity index (χ3n) is 12.4. The number of fused-ring (bicyclic) bond motifs is 1. The molecular weight excluding hydrogens is 957 g/mol. The fourth-order valence-electron chi connectivity index (χ4n) is 8.80. The molecule has 0 bridgehead atoms. The van der Waals surface area contributed by atoms with Crippen LogP contribution in [0.4, 0.5) is 15.3 Å². The number of nitrogens with zero attached hydrogens (tertiary/aromatic N) is 3. The fourth-order valence-corrected chi connectivity index (χ4v) is 10.8. The van der Waals surface area contributed by atoms with E-state index < -0.39 is 99.3 Å². The molecule has 4 aliphatic heterocycles. The van der Waals surface area contributed by atoms with Gasteiger partial charge >= 0.3 is 18.1 Å². The van der Waals surface area contributed by atoms with Crippen LogP contribution < -0.4 is 36.9 Å². The maximum Gasteiger partial charge on any atom is 0.410 e. The van der Waals surface area contributed by atoms with Crippen molar-refractivity contribution in [3.63, 3.8) is 0 Å². The van der Waals surface area contributed by atoms with E-state index in [1.165, 1.54) is 52.8 Å². The van der Waals surface area contributed by atoms with Gasteiger partial charge in [-0.1, -0.05) is 39.3 Å². The van der Waals surface area contributed by atoms with Crippen molar-refractivity contribution < 1.29 is 66.5 Å². The molecule has 1 unspecified atom stereocenters. The highest BCUT2D eigenvalue weighted by molar-refractivity contribution is 8.03. The molecule has 0 radical (unpaired) electrons. The summed E-state index contributed by atoms with van der Waals surface area (Å²) >= 11 is 1.18. The Morgan fingerprint density at radius 2 is 1.61 bits per heavy atom. The Labute approximate surface area is 409 Å². The summed E-state index contributed by atoms with van der Waals surface area (Å²) in [5.41, 5.74) is 5.82. The molecule has 70 heavy (non-hydrogen) atoms. The molecule has 1 aromatic rings. The van der Waals surface area contributed by atoms with Crippen LogP contribution in [0.5, 0.6) is 0 Å². The molecule has 0 saturated carbocycles. The minimum absolute atomic E-state index is 0.0285. The van der Waals surface area contributed by atoms with E-state index in [4.69, 9.17) is 15.6 Å². The highest BCUT2D eigenvalue weighted by atomic mass is 32.2. The van der Waals surface area contributed by atoms with Crippen LogP contribution in [0.1, 0.15) is 78.2 Å². The molecule has 0 aromatic heterocycles. The zero-order chi connectivity index (χ0) is 51.6. The van der Waals surface area contributed by atoms with Crippen molar-refractivity contribution in [1.82, 2.24) is 35.4 Å². The molecule has 2 fully saturated rings. The first-order valence-electron chi connectivity index (χ1n) is 22.9. The number of imide groups is 1. The maximum atomic E-state index is 13.7. The van der Waals surface area contributed by atoms with Gasteiger partial charge in [-0.05, 0) is 62.6 Å². The average Bonchev–Trinajstić information content (AvgIpc) is 3.92. The predicted octanol–water partition coefficient (Wildman–Crippen LogP) is -0.0559. The van der Waals surface area contributed by atoms with Gasteiger partial charge in [-0.25, -0.2) is 24.2 Å². The summed E-state index contributed by atoms with van der Waals surface area (Å²) in [6, 6.07) is 2.05. The lowest BCUT2D eigenvalue weighted by molar-refractivity contribution is -0.163. The molecule has 4 aliphatic rings. The predicted molar refractivity (Wildman–Crippen MR) is 252 cm³/mol. The van der Waals surface area contributed by atoms with E-state index >= 15 is 0 Å². The smallest absolute Gasteiger partial charge is 0.410 e. The molecule has 26 heteroatoms. The Morgan fingerprint density at radius 3 is 2.21 bits per heavy atom. The molecule has 384 valence electrons. The molecule has 1 aromatic carbocycles. The van der Waals surface area contributed by atoms with E-state index in [-0.39, 0.29) is 81.9 Å². The van der Waals surface area contributed by atoms with Crippen LogP contribution in [0.3, 0.4) is 0 Å². The topological polar surface area (TPSA) is 359 Å². The zero-order valence-corrected chi connectivity index (χ0v) is 40.9. The molecule has 4 heterocycles. The monoisotopic (exact) mass is 1020 g/mol. The number of carbonyl (C=O) groups excluding carboxylic acids is 8. The summed E-state index contributed by atoms with van der Waals surface area (Å²) in [5.74, 6) is -5.76. The van der Waals surface area contributed by atoms with Crippen molar-refractivity contribution in [2.24, 2.45) is 28.6 Å². The Bertz CT molecular complexity index is 2340. The minimum atomic E-state index is -4.16. The molecule has 0 spiro atoms. The van der Waals surface area contributed by atoms with Gasteiger partial charge in [0, 0.05) is 72.6 Å². The van der Waals surface area contributed by atoms with Crippen LogP contribution in [0.15, 0.2) is 47.0 Å². The van der Waals surface area contributed by atoms with Crippen molar-refractivity contribution in [3.8, 4) is 0 Å². The number of likely N-dealkylation sites (tertiary alicyclic amines) is 1. The number of carbonyl (C=O) groups is 9. The van der Waals surface area contributed by atoms with Gasteiger partial charge in [0.2, 0.25) is 23.6 Å². The number of hydrogen-bond donors (Lipinski definition) is 9. The number of aliphatic hydroxyl groups is 1. The molecular formula is C44H62N10O14S2. The first-order chi connectivity index (χ1) is 33.0.